The maximum atomic E-state index is 5.67. The monoisotopic (exact) mass is 135 g/mol. The van der Waals surface area contributed by atoms with Crippen molar-refractivity contribution in [2.24, 2.45) is 5.73 Å². The quantitative estimate of drug-likeness (QED) is 0.464. The number of imidazole rings is 1. The fourth-order valence-corrected chi connectivity index (χ4v) is 1.14. The number of aromatic nitrogens is 2. The number of rotatable bonds is 0. The van der Waals surface area contributed by atoms with E-state index in [2.05, 4.69) is 16.0 Å². The largest absolute Gasteiger partial charge is 0.345 e. The normalized spacial score (nSPS) is 22.7. The van der Waals surface area contributed by atoms with E-state index in [1.54, 1.807) is 6.33 Å². The molecule has 3 heteroatoms. The number of H-pyrrole nitrogens is 1. The summed E-state index contributed by atoms with van der Waals surface area (Å²) in [6, 6.07) is 0.160. The minimum atomic E-state index is 0.160. The Balaban J connectivity index is 2.73. The van der Waals surface area contributed by atoms with E-state index < -0.39 is 0 Å². The first kappa shape index (κ1) is 5.68. The molecule has 2 rings (SSSR count). The molecule has 52 valence electrons. The fourth-order valence-electron chi connectivity index (χ4n) is 1.14. The highest BCUT2D eigenvalue weighted by Gasteiger charge is 2.01. The van der Waals surface area contributed by atoms with Gasteiger partial charge in [0.25, 0.3) is 0 Å². The maximum Gasteiger partial charge on any atom is 0.0931 e. The highest BCUT2D eigenvalue weighted by Crippen LogP contribution is 1.91. The molecule has 0 spiro atoms. The Morgan fingerprint density at radius 1 is 1.70 bits per heavy atom. The molecule has 1 aliphatic carbocycles. The molecule has 0 fully saturated rings. The molecule has 0 aliphatic heterocycles. The van der Waals surface area contributed by atoms with E-state index in [0.717, 1.165) is 17.1 Å². The number of fused-ring (bicyclic) bond motifs is 1. The molecule has 1 unspecified atom stereocenters. The summed E-state index contributed by atoms with van der Waals surface area (Å²) in [5.74, 6) is 0. The second-order valence-corrected chi connectivity index (χ2v) is 2.47. The maximum absolute atomic E-state index is 5.67. The summed E-state index contributed by atoms with van der Waals surface area (Å²) in [7, 11) is 0. The fraction of sp³-hybridized carbons (Fsp3) is 0.286. The van der Waals surface area contributed by atoms with Gasteiger partial charge in [-0.2, -0.15) is 0 Å². The molecule has 1 aliphatic rings. The smallest absolute Gasteiger partial charge is 0.0931 e. The van der Waals surface area contributed by atoms with Gasteiger partial charge in [0.2, 0.25) is 0 Å². The van der Waals surface area contributed by atoms with Crippen molar-refractivity contribution in [3.8, 4) is 0 Å². The summed E-state index contributed by atoms with van der Waals surface area (Å²) in [6.07, 6.45) is 6.65. The van der Waals surface area contributed by atoms with E-state index in [-0.39, 0.29) is 6.04 Å². The van der Waals surface area contributed by atoms with E-state index >= 15 is 0 Å². The van der Waals surface area contributed by atoms with Crippen LogP contribution in [0, 0.1) is 0 Å². The summed E-state index contributed by atoms with van der Waals surface area (Å²) in [5, 5.41) is 2.08. The summed E-state index contributed by atoms with van der Waals surface area (Å²) in [5.41, 5.74) is 5.67. The molecular formula is C7H9N3. The minimum Gasteiger partial charge on any atom is -0.345 e. The van der Waals surface area contributed by atoms with E-state index in [1.807, 2.05) is 6.08 Å². The van der Waals surface area contributed by atoms with Crippen molar-refractivity contribution in [3.63, 3.8) is 0 Å². The first-order valence-corrected chi connectivity index (χ1v) is 3.33. The van der Waals surface area contributed by atoms with Crippen LogP contribution in [0.3, 0.4) is 0 Å². The van der Waals surface area contributed by atoms with Crippen LogP contribution in [0.2, 0.25) is 0 Å². The predicted molar refractivity (Wildman–Crippen MR) is 39.4 cm³/mol. The van der Waals surface area contributed by atoms with Crippen molar-refractivity contribution in [2.45, 2.75) is 12.5 Å². The van der Waals surface area contributed by atoms with Crippen molar-refractivity contribution < 1.29 is 0 Å². The van der Waals surface area contributed by atoms with Gasteiger partial charge >= 0.3 is 0 Å². The zero-order valence-corrected chi connectivity index (χ0v) is 5.54. The number of nitrogens with two attached hydrogens (primary N) is 1. The molecule has 0 aromatic carbocycles. The van der Waals surface area contributed by atoms with Gasteiger partial charge in [-0.15, -0.1) is 0 Å². The van der Waals surface area contributed by atoms with Gasteiger partial charge in [0, 0.05) is 6.04 Å². The summed E-state index contributed by atoms with van der Waals surface area (Å²) in [4.78, 5) is 7.10. The van der Waals surface area contributed by atoms with Crippen molar-refractivity contribution >= 4 is 12.2 Å². The Kier molecular flexibility index (Phi) is 1.11. The second kappa shape index (κ2) is 1.95. The van der Waals surface area contributed by atoms with Crippen LogP contribution in [0.1, 0.15) is 6.42 Å². The van der Waals surface area contributed by atoms with Crippen molar-refractivity contribution in [3.05, 3.63) is 17.0 Å². The van der Waals surface area contributed by atoms with Gasteiger partial charge in [0.1, 0.15) is 0 Å². The summed E-state index contributed by atoms with van der Waals surface area (Å²) >= 11 is 0. The van der Waals surface area contributed by atoms with Crippen LogP contribution in [-0.2, 0) is 0 Å². The Morgan fingerprint density at radius 2 is 2.60 bits per heavy atom. The Hall–Kier alpha value is -1.09. The first-order valence-electron chi connectivity index (χ1n) is 3.33. The topological polar surface area (TPSA) is 54.7 Å². The van der Waals surface area contributed by atoms with Gasteiger partial charge in [-0.3, -0.25) is 0 Å². The second-order valence-electron chi connectivity index (χ2n) is 2.47. The molecule has 1 atom stereocenters. The van der Waals surface area contributed by atoms with Gasteiger partial charge in [0.05, 0.1) is 17.0 Å². The number of hydrogen-bond donors (Lipinski definition) is 2. The van der Waals surface area contributed by atoms with Gasteiger partial charge in [-0.05, 0) is 12.5 Å². The molecule has 1 aromatic rings. The van der Waals surface area contributed by atoms with E-state index in [4.69, 9.17) is 5.73 Å². The van der Waals surface area contributed by atoms with E-state index in [9.17, 15) is 0 Å². The SMILES string of the molecule is NC1C=c2[nH]cnc2=CC1. The molecule has 1 heterocycles. The molecule has 3 N–H and O–H groups in total. The third kappa shape index (κ3) is 0.752. The third-order valence-corrected chi connectivity index (χ3v) is 1.66. The lowest BCUT2D eigenvalue weighted by Crippen LogP contribution is -2.33. The molecular weight excluding hydrogens is 126 g/mol. The Labute approximate surface area is 58.3 Å². The Bertz CT molecular complexity index is 336. The highest BCUT2D eigenvalue weighted by molar-refractivity contribution is 5.38. The molecule has 0 radical (unpaired) electrons. The number of aromatic amines is 1. The average Bonchev–Trinajstić information content (AvgIpc) is 2.33. The van der Waals surface area contributed by atoms with Crippen LogP contribution in [0.4, 0.5) is 0 Å². The molecule has 3 nitrogen and oxygen atoms in total. The number of nitrogens with zero attached hydrogens (tertiary/aromatic N) is 1. The lowest BCUT2D eigenvalue weighted by atomic mass is 10.1. The van der Waals surface area contributed by atoms with Crippen molar-refractivity contribution in [1.82, 2.24) is 9.97 Å². The standard InChI is InChI=1S/C7H9N3/c8-5-1-2-6-7(3-5)10-4-9-6/h2-5H,1,8H2,(H,9,10). The Morgan fingerprint density at radius 3 is 3.50 bits per heavy atom. The van der Waals surface area contributed by atoms with Crippen LogP contribution >= 0.6 is 0 Å². The van der Waals surface area contributed by atoms with E-state index in [1.165, 1.54) is 0 Å². The molecule has 10 heavy (non-hydrogen) atoms. The molecule has 0 bridgehead atoms. The highest BCUT2D eigenvalue weighted by atomic mass is 14.9. The van der Waals surface area contributed by atoms with Crippen molar-refractivity contribution in [1.29, 1.82) is 0 Å². The van der Waals surface area contributed by atoms with E-state index in [0.29, 0.717) is 0 Å². The van der Waals surface area contributed by atoms with Crippen LogP contribution in [0.25, 0.3) is 12.2 Å². The predicted octanol–water partition coefficient (Wildman–Crippen LogP) is -1.30. The van der Waals surface area contributed by atoms with Crippen LogP contribution in [0.5, 0.6) is 0 Å². The lowest BCUT2D eigenvalue weighted by Gasteiger charge is -2.02. The number of hydrogen-bond acceptors (Lipinski definition) is 2. The van der Waals surface area contributed by atoms with Crippen LogP contribution in [-0.4, -0.2) is 16.0 Å². The van der Waals surface area contributed by atoms with Crippen LogP contribution in [0.15, 0.2) is 6.33 Å². The van der Waals surface area contributed by atoms with Gasteiger partial charge in [-0.25, -0.2) is 4.98 Å². The molecule has 1 aromatic heterocycles. The first-order chi connectivity index (χ1) is 4.86. The number of nitrogens with one attached hydrogen (secondary N) is 1. The van der Waals surface area contributed by atoms with Gasteiger partial charge < -0.3 is 10.7 Å². The van der Waals surface area contributed by atoms with Gasteiger partial charge in [-0.1, -0.05) is 6.08 Å². The molecule has 0 saturated heterocycles. The molecule has 0 saturated carbocycles. The lowest BCUT2D eigenvalue weighted by molar-refractivity contribution is 0.881. The summed E-state index contributed by atoms with van der Waals surface area (Å²) in [6.45, 7) is 0. The average molecular weight is 135 g/mol. The van der Waals surface area contributed by atoms with Gasteiger partial charge in [0.15, 0.2) is 0 Å². The third-order valence-electron chi connectivity index (χ3n) is 1.66. The summed E-state index contributed by atoms with van der Waals surface area (Å²) < 4.78 is 0. The zero-order valence-electron chi connectivity index (χ0n) is 5.54. The minimum absolute atomic E-state index is 0.160. The zero-order chi connectivity index (χ0) is 6.97. The van der Waals surface area contributed by atoms with Crippen molar-refractivity contribution in [2.75, 3.05) is 0 Å². The van der Waals surface area contributed by atoms with Crippen LogP contribution < -0.4 is 16.4 Å². The molecule has 0 amide bonds.